The van der Waals surface area contributed by atoms with E-state index in [0.717, 1.165) is 25.0 Å². The predicted octanol–water partition coefficient (Wildman–Crippen LogP) is 1.99. The van der Waals surface area contributed by atoms with E-state index < -0.39 is 5.79 Å². The van der Waals surface area contributed by atoms with Crippen LogP contribution in [-0.2, 0) is 20.7 Å². The Morgan fingerprint density at radius 2 is 1.82 bits per heavy atom. The minimum Gasteiger partial charge on any atom is -0.484 e. The Hall–Kier alpha value is -1.59. The van der Waals surface area contributed by atoms with Crippen molar-refractivity contribution in [2.45, 2.75) is 32.0 Å². The quantitative estimate of drug-likeness (QED) is 0.853. The second-order valence-corrected chi connectivity index (χ2v) is 5.77. The summed E-state index contributed by atoms with van der Waals surface area (Å²) in [5.74, 6) is 0.321. The van der Waals surface area contributed by atoms with Crippen LogP contribution in [0, 0.1) is 0 Å². The minimum atomic E-state index is -0.437. The summed E-state index contributed by atoms with van der Waals surface area (Å²) in [4.78, 5) is 14.0. The van der Waals surface area contributed by atoms with Crippen LogP contribution in [0.25, 0.3) is 0 Å². The summed E-state index contributed by atoms with van der Waals surface area (Å²) in [6.07, 6.45) is 2.48. The molecule has 2 heterocycles. The van der Waals surface area contributed by atoms with E-state index in [4.69, 9.17) is 14.2 Å². The number of hydrogen-bond acceptors (Lipinski definition) is 4. The molecule has 5 nitrogen and oxygen atoms in total. The van der Waals surface area contributed by atoms with Crippen molar-refractivity contribution in [1.29, 1.82) is 0 Å². The van der Waals surface area contributed by atoms with Gasteiger partial charge in [-0.3, -0.25) is 4.79 Å². The van der Waals surface area contributed by atoms with Gasteiger partial charge in [-0.1, -0.05) is 19.1 Å². The fourth-order valence-corrected chi connectivity index (χ4v) is 2.94. The van der Waals surface area contributed by atoms with E-state index in [1.165, 1.54) is 5.56 Å². The molecule has 0 aliphatic carbocycles. The second-order valence-electron chi connectivity index (χ2n) is 5.77. The summed E-state index contributed by atoms with van der Waals surface area (Å²) in [5, 5.41) is 0. The fraction of sp³-hybridized carbons (Fsp3) is 0.588. The van der Waals surface area contributed by atoms with Crippen LogP contribution in [0.5, 0.6) is 5.75 Å². The zero-order valence-corrected chi connectivity index (χ0v) is 13.0. The molecule has 0 atom stereocenters. The minimum absolute atomic E-state index is 0.0208. The second kappa shape index (κ2) is 6.67. The summed E-state index contributed by atoms with van der Waals surface area (Å²) in [7, 11) is 0. The predicted molar refractivity (Wildman–Crippen MR) is 81.8 cm³/mol. The highest BCUT2D eigenvalue weighted by atomic mass is 16.7. The lowest BCUT2D eigenvalue weighted by Crippen LogP contribution is -2.48. The van der Waals surface area contributed by atoms with Crippen LogP contribution < -0.4 is 4.74 Å². The molecule has 120 valence electrons. The first-order valence-corrected chi connectivity index (χ1v) is 7.98. The molecule has 0 bridgehead atoms. The molecule has 0 unspecified atom stereocenters. The maximum Gasteiger partial charge on any atom is 0.260 e. The van der Waals surface area contributed by atoms with Crippen LogP contribution in [0.2, 0.25) is 0 Å². The number of nitrogens with zero attached hydrogens (tertiary/aromatic N) is 1. The van der Waals surface area contributed by atoms with Gasteiger partial charge in [0.25, 0.3) is 5.91 Å². The van der Waals surface area contributed by atoms with Crippen molar-refractivity contribution in [1.82, 2.24) is 4.90 Å². The number of benzene rings is 1. The van der Waals surface area contributed by atoms with Gasteiger partial charge in [0.2, 0.25) is 0 Å². The SMILES string of the molecule is CCc1ccc(OCC(=O)N2CCC3(CC2)OCCO3)cc1. The molecule has 0 aromatic heterocycles. The standard InChI is InChI=1S/C17H23NO4/c1-2-14-3-5-15(6-4-14)20-13-16(19)18-9-7-17(8-10-18)21-11-12-22-17/h3-6H,2,7-13H2,1H3. The number of carbonyl (C=O) groups is 1. The Morgan fingerprint density at radius 1 is 1.18 bits per heavy atom. The third-order valence-corrected chi connectivity index (χ3v) is 4.39. The summed E-state index contributed by atoms with van der Waals surface area (Å²) in [6, 6.07) is 7.88. The zero-order chi connectivity index (χ0) is 15.4. The van der Waals surface area contributed by atoms with Gasteiger partial charge in [-0.05, 0) is 24.1 Å². The molecular weight excluding hydrogens is 282 g/mol. The first-order valence-electron chi connectivity index (χ1n) is 7.98. The molecule has 1 spiro atoms. The van der Waals surface area contributed by atoms with Gasteiger partial charge in [-0.25, -0.2) is 0 Å². The first-order chi connectivity index (χ1) is 10.7. The van der Waals surface area contributed by atoms with Crippen LogP contribution in [-0.4, -0.2) is 49.5 Å². The molecule has 0 N–H and O–H groups in total. The average molecular weight is 305 g/mol. The highest BCUT2D eigenvalue weighted by Crippen LogP contribution is 2.31. The summed E-state index contributed by atoms with van der Waals surface area (Å²) < 4.78 is 16.9. The number of carbonyl (C=O) groups excluding carboxylic acids is 1. The van der Waals surface area contributed by atoms with Crippen molar-refractivity contribution < 1.29 is 19.0 Å². The van der Waals surface area contributed by atoms with Crippen LogP contribution in [0.3, 0.4) is 0 Å². The van der Waals surface area contributed by atoms with Gasteiger partial charge in [0.15, 0.2) is 12.4 Å². The van der Waals surface area contributed by atoms with E-state index >= 15 is 0 Å². The van der Waals surface area contributed by atoms with Crippen molar-refractivity contribution in [2.24, 2.45) is 0 Å². The third kappa shape index (κ3) is 3.42. The molecular formula is C17H23NO4. The van der Waals surface area contributed by atoms with E-state index in [1.54, 1.807) is 0 Å². The Balaban J connectivity index is 1.46. The fourth-order valence-electron chi connectivity index (χ4n) is 2.94. The Bertz CT molecular complexity index is 498. The van der Waals surface area contributed by atoms with E-state index in [1.807, 2.05) is 29.2 Å². The van der Waals surface area contributed by atoms with Gasteiger partial charge in [-0.15, -0.1) is 0 Å². The molecule has 22 heavy (non-hydrogen) atoms. The number of amides is 1. The zero-order valence-electron chi connectivity index (χ0n) is 13.0. The van der Waals surface area contributed by atoms with Gasteiger partial charge in [0.05, 0.1) is 13.2 Å². The number of likely N-dealkylation sites (tertiary alicyclic amines) is 1. The van der Waals surface area contributed by atoms with Gasteiger partial charge in [0.1, 0.15) is 5.75 Å². The lowest BCUT2D eigenvalue weighted by molar-refractivity contribution is -0.187. The van der Waals surface area contributed by atoms with Crippen LogP contribution in [0.1, 0.15) is 25.3 Å². The Labute approximate surface area is 131 Å². The molecule has 0 saturated carbocycles. The number of ether oxygens (including phenoxy) is 3. The Kier molecular flexibility index (Phi) is 4.64. The molecule has 2 aliphatic heterocycles. The maximum atomic E-state index is 12.2. The monoisotopic (exact) mass is 305 g/mol. The number of rotatable bonds is 4. The van der Waals surface area contributed by atoms with E-state index in [9.17, 15) is 4.79 Å². The molecule has 2 fully saturated rings. The van der Waals surface area contributed by atoms with Crippen LogP contribution in [0.4, 0.5) is 0 Å². The van der Waals surface area contributed by atoms with Gasteiger partial charge in [-0.2, -0.15) is 0 Å². The summed E-state index contributed by atoms with van der Waals surface area (Å²) in [5.41, 5.74) is 1.26. The van der Waals surface area contributed by atoms with E-state index in [0.29, 0.717) is 26.3 Å². The van der Waals surface area contributed by atoms with Crippen molar-refractivity contribution in [3.63, 3.8) is 0 Å². The van der Waals surface area contributed by atoms with Crippen molar-refractivity contribution in [2.75, 3.05) is 32.9 Å². The van der Waals surface area contributed by atoms with Crippen LogP contribution in [0.15, 0.2) is 24.3 Å². The molecule has 1 amide bonds. The number of hydrogen-bond donors (Lipinski definition) is 0. The van der Waals surface area contributed by atoms with Crippen molar-refractivity contribution in [3.8, 4) is 5.75 Å². The Morgan fingerprint density at radius 3 is 2.41 bits per heavy atom. The highest BCUT2D eigenvalue weighted by molar-refractivity contribution is 5.77. The number of piperidine rings is 1. The maximum absolute atomic E-state index is 12.2. The van der Waals surface area contributed by atoms with Gasteiger partial charge in [0, 0.05) is 25.9 Å². The molecule has 3 rings (SSSR count). The average Bonchev–Trinajstić information content (AvgIpc) is 3.02. The first kappa shape index (κ1) is 15.3. The smallest absolute Gasteiger partial charge is 0.260 e. The molecule has 1 aromatic rings. The highest BCUT2D eigenvalue weighted by Gasteiger charge is 2.40. The van der Waals surface area contributed by atoms with Gasteiger partial charge >= 0.3 is 0 Å². The molecule has 1 aromatic carbocycles. The van der Waals surface area contributed by atoms with Crippen LogP contribution >= 0.6 is 0 Å². The lowest BCUT2D eigenvalue weighted by atomic mass is 10.0. The number of aryl methyl sites for hydroxylation is 1. The summed E-state index contributed by atoms with van der Waals surface area (Å²) >= 11 is 0. The molecule has 5 heteroatoms. The molecule has 2 saturated heterocycles. The normalized spacial score (nSPS) is 20.3. The summed E-state index contributed by atoms with van der Waals surface area (Å²) in [6.45, 7) is 4.84. The van der Waals surface area contributed by atoms with Gasteiger partial charge < -0.3 is 19.1 Å². The largest absolute Gasteiger partial charge is 0.484 e. The van der Waals surface area contributed by atoms with E-state index in [2.05, 4.69) is 6.92 Å². The van der Waals surface area contributed by atoms with Crippen molar-refractivity contribution in [3.05, 3.63) is 29.8 Å². The van der Waals surface area contributed by atoms with Crippen molar-refractivity contribution >= 4 is 5.91 Å². The lowest BCUT2D eigenvalue weighted by Gasteiger charge is -2.37. The van der Waals surface area contributed by atoms with E-state index in [-0.39, 0.29) is 12.5 Å². The third-order valence-electron chi connectivity index (χ3n) is 4.39. The molecule has 2 aliphatic rings. The molecule has 0 radical (unpaired) electrons. The topological polar surface area (TPSA) is 48.0 Å².